The molecule has 3 atom stereocenters. The van der Waals surface area contributed by atoms with Gasteiger partial charge in [-0.3, -0.25) is 4.79 Å². The highest BCUT2D eigenvalue weighted by Crippen LogP contribution is 2.87. The Hall–Kier alpha value is -0.370. The van der Waals surface area contributed by atoms with Crippen molar-refractivity contribution < 1.29 is 9.90 Å². The summed E-state index contributed by atoms with van der Waals surface area (Å²) in [6.07, 6.45) is 5.26. The highest BCUT2D eigenvalue weighted by molar-refractivity contribution is 5.94. The number of ketones is 1. The maximum atomic E-state index is 12.3. The van der Waals surface area contributed by atoms with Gasteiger partial charge in [-0.2, -0.15) is 0 Å². The Morgan fingerprint density at radius 1 is 1.25 bits per heavy atom. The minimum atomic E-state index is -0.355. The van der Waals surface area contributed by atoms with E-state index in [1.807, 2.05) is 0 Å². The second-order valence-corrected chi connectivity index (χ2v) is 7.22. The number of aliphatic hydroxyl groups excluding tert-OH is 1. The molecule has 0 aliphatic heterocycles. The zero-order valence-corrected chi connectivity index (χ0v) is 10.6. The van der Waals surface area contributed by atoms with Crippen molar-refractivity contribution in [2.75, 3.05) is 6.61 Å². The van der Waals surface area contributed by atoms with Crippen LogP contribution in [0.5, 0.6) is 0 Å². The smallest absolute Gasteiger partial charge is 0.142 e. The van der Waals surface area contributed by atoms with E-state index in [2.05, 4.69) is 20.8 Å². The number of hydrogen-bond acceptors (Lipinski definition) is 2. The largest absolute Gasteiger partial charge is 0.395 e. The summed E-state index contributed by atoms with van der Waals surface area (Å²) in [6.45, 7) is 6.97. The maximum absolute atomic E-state index is 12.3. The number of Topliss-reactive ketones (excluding diaryl/α,β-unsaturated/α-hetero) is 1. The normalized spacial score (nSPS) is 53.4. The van der Waals surface area contributed by atoms with Crippen LogP contribution in [0.1, 0.15) is 52.9 Å². The molecule has 0 heterocycles. The zero-order chi connectivity index (χ0) is 11.8. The van der Waals surface area contributed by atoms with Crippen LogP contribution in [-0.4, -0.2) is 17.5 Å². The predicted molar refractivity (Wildman–Crippen MR) is 61.9 cm³/mol. The van der Waals surface area contributed by atoms with Crippen LogP contribution in [0.3, 0.4) is 0 Å². The van der Waals surface area contributed by atoms with E-state index in [1.165, 1.54) is 19.3 Å². The summed E-state index contributed by atoms with van der Waals surface area (Å²) in [5.41, 5.74) is 0.131. The van der Waals surface area contributed by atoms with E-state index in [4.69, 9.17) is 0 Å². The van der Waals surface area contributed by atoms with Crippen molar-refractivity contribution in [2.24, 2.45) is 21.7 Å². The Labute approximate surface area is 97.4 Å². The fourth-order valence-electron chi connectivity index (χ4n) is 5.63. The quantitative estimate of drug-likeness (QED) is 0.740. The van der Waals surface area contributed by atoms with Gasteiger partial charge in [0.25, 0.3) is 0 Å². The fourth-order valence-corrected chi connectivity index (χ4v) is 5.63. The van der Waals surface area contributed by atoms with E-state index in [0.29, 0.717) is 12.2 Å². The minimum Gasteiger partial charge on any atom is -0.395 e. The lowest BCUT2D eigenvalue weighted by Crippen LogP contribution is -2.44. The number of aliphatic hydroxyl groups is 1. The Balaban J connectivity index is 2.16. The Bertz CT molecular complexity index is 373. The van der Waals surface area contributed by atoms with Gasteiger partial charge in [-0.1, -0.05) is 27.2 Å². The van der Waals surface area contributed by atoms with Crippen LogP contribution >= 0.6 is 0 Å². The molecule has 3 saturated carbocycles. The van der Waals surface area contributed by atoms with E-state index < -0.39 is 0 Å². The first-order valence-electron chi connectivity index (χ1n) is 6.50. The molecule has 3 aliphatic carbocycles. The van der Waals surface area contributed by atoms with Gasteiger partial charge in [0.05, 0.1) is 12.0 Å². The first-order valence-corrected chi connectivity index (χ1v) is 6.50. The summed E-state index contributed by atoms with van der Waals surface area (Å²) in [4.78, 5) is 12.3. The van der Waals surface area contributed by atoms with E-state index in [1.54, 1.807) is 0 Å². The lowest BCUT2D eigenvalue weighted by molar-refractivity contribution is -0.124. The van der Waals surface area contributed by atoms with E-state index in [9.17, 15) is 9.90 Å². The van der Waals surface area contributed by atoms with Crippen molar-refractivity contribution in [1.29, 1.82) is 0 Å². The summed E-state index contributed by atoms with van der Waals surface area (Å²) in [7, 11) is 0. The van der Waals surface area contributed by atoms with Gasteiger partial charge >= 0.3 is 0 Å². The number of rotatable bonds is 1. The molecule has 1 N–H and O–H groups in total. The Morgan fingerprint density at radius 3 is 2.50 bits per heavy atom. The standard InChI is InChI=1S/C14H22O2/c1-11(2)5-4-6-12(3)7-10(16)13(9-15)8-14(11,12)13/h15H,4-9H2,1-3H3/t12-,13+,14-/m1/s1. The van der Waals surface area contributed by atoms with Gasteiger partial charge in [-0.05, 0) is 35.5 Å². The topological polar surface area (TPSA) is 37.3 Å². The Kier molecular flexibility index (Phi) is 1.72. The molecular formula is C14H22O2. The van der Waals surface area contributed by atoms with Crippen molar-refractivity contribution in [3.8, 4) is 0 Å². The molecule has 0 aromatic rings. The monoisotopic (exact) mass is 222 g/mol. The third-order valence-corrected chi connectivity index (χ3v) is 6.33. The third kappa shape index (κ3) is 0.785. The maximum Gasteiger partial charge on any atom is 0.142 e. The van der Waals surface area contributed by atoms with Gasteiger partial charge in [0.2, 0.25) is 0 Å². The highest BCUT2D eigenvalue weighted by atomic mass is 16.3. The number of carbonyl (C=O) groups excluding carboxylic acids is 1. The number of hydrogen-bond donors (Lipinski definition) is 1. The zero-order valence-electron chi connectivity index (χ0n) is 10.6. The van der Waals surface area contributed by atoms with Gasteiger partial charge in [-0.25, -0.2) is 0 Å². The van der Waals surface area contributed by atoms with Crippen LogP contribution in [0.25, 0.3) is 0 Å². The molecule has 3 fully saturated rings. The van der Waals surface area contributed by atoms with Crippen LogP contribution in [0.2, 0.25) is 0 Å². The molecule has 0 aromatic heterocycles. The molecule has 0 radical (unpaired) electrons. The van der Waals surface area contributed by atoms with Crippen LogP contribution in [0.4, 0.5) is 0 Å². The molecule has 0 aromatic carbocycles. The first kappa shape index (κ1) is 10.8. The molecular weight excluding hydrogens is 200 g/mol. The highest BCUT2D eigenvalue weighted by Gasteiger charge is 2.86. The van der Waals surface area contributed by atoms with Gasteiger partial charge in [-0.15, -0.1) is 0 Å². The molecule has 3 rings (SSSR count). The van der Waals surface area contributed by atoms with E-state index in [-0.39, 0.29) is 28.3 Å². The van der Waals surface area contributed by atoms with Crippen molar-refractivity contribution >= 4 is 5.78 Å². The Morgan fingerprint density at radius 2 is 1.94 bits per heavy atom. The second-order valence-electron chi connectivity index (χ2n) is 7.22. The molecule has 16 heavy (non-hydrogen) atoms. The molecule has 0 unspecified atom stereocenters. The van der Waals surface area contributed by atoms with Gasteiger partial charge in [0.1, 0.15) is 5.78 Å². The molecule has 3 aliphatic rings. The van der Waals surface area contributed by atoms with Crippen LogP contribution in [0.15, 0.2) is 0 Å². The van der Waals surface area contributed by atoms with Crippen LogP contribution < -0.4 is 0 Å². The minimum absolute atomic E-state index is 0.0743. The molecule has 0 saturated heterocycles. The predicted octanol–water partition coefficient (Wildman–Crippen LogP) is 2.54. The van der Waals surface area contributed by atoms with Crippen molar-refractivity contribution in [3.63, 3.8) is 0 Å². The van der Waals surface area contributed by atoms with Gasteiger partial charge < -0.3 is 5.11 Å². The summed E-state index contributed by atoms with van der Waals surface area (Å²) < 4.78 is 0. The fraction of sp³-hybridized carbons (Fsp3) is 0.929. The van der Waals surface area contributed by atoms with E-state index >= 15 is 0 Å². The molecule has 2 heteroatoms. The molecule has 2 nitrogen and oxygen atoms in total. The number of carbonyl (C=O) groups is 1. The SMILES string of the molecule is CC1(C)CCC[C@]2(C)CC(=O)[C@@]3(CO)C[C@@]123. The van der Waals surface area contributed by atoms with Crippen molar-refractivity contribution in [2.45, 2.75) is 52.9 Å². The average molecular weight is 222 g/mol. The molecule has 1 spiro atoms. The summed E-state index contributed by atoms with van der Waals surface area (Å²) in [5, 5.41) is 9.70. The molecule has 0 amide bonds. The summed E-state index contributed by atoms with van der Waals surface area (Å²) in [6, 6.07) is 0. The first-order chi connectivity index (χ1) is 7.35. The third-order valence-electron chi connectivity index (χ3n) is 6.33. The van der Waals surface area contributed by atoms with Crippen LogP contribution in [0, 0.1) is 21.7 Å². The van der Waals surface area contributed by atoms with Gasteiger partial charge in [0.15, 0.2) is 0 Å². The summed E-state index contributed by atoms with van der Waals surface area (Å²) >= 11 is 0. The van der Waals surface area contributed by atoms with Crippen molar-refractivity contribution in [3.05, 3.63) is 0 Å². The summed E-state index contributed by atoms with van der Waals surface area (Å²) in [5.74, 6) is 0.340. The lowest BCUT2D eigenvalue weighted by atomic mass is 9.53. The van der Waals surface area contributed by atoms with Gasteiger partial charge in [0, 0.05) is 6.42 Å². The molecule has 90 valence electrons. The lowest BCUT2D eigenvalue weighted by Gasteiger charge is -2.50. The van der Waals surface area contributed by atoms with Crippen molar-refractivity contribution in [1.82, 2.24) is 0 Å². The average Bonchev–Trinajstić information content (AvgIpc) is 2.83. The second kappa shape index (κ2) is 2.55. The van der Waals surface area contributed by atoms with E-state index in [0.717, 1.165) is 6.42 Å². The molecule has 0 bridgehead atoms. The van der Waals surface area contributed by atoms with Crippen LogP contribution in [-0.2, 0) is 4.79 Å².